The largest absolute Gasteiger partial charge is 0.366 e. The Kier molecular flexibility index (Phi) is 3.35. The van der Waals surface area contributed by atoms with Gasteiger partial charge in [0.1, 0.15) is 11.3 Å². The molecule has 4 aromatic rings. The fourth-order valence-corrected chi connectivity index (χ4v) is 2.90. The number of amides is 1. The molecule has 3 aromatic heterocycles. The number of carbonyl (C=O) groups is 1. The summed E-state index contributed by atoms with van der Waals surface area (Å²) < 4.78 is 7.30. The topological polar surface area (TPSA) is 99.8 Å². The Morgan fingerprint density at radius 1 is 1.20 bits per heavy atom. The molecule has 4 rings (SSSR count). The zero-order valence-electron chi connectivity index (χ0n) is 13.7. The van der Waals surface area contributed by atoms with Crippen molar-refractivity contribution >= 4 is 17.1 Å². The number of nitrogens with two attached hydrogens (primary N) is 1. The van der Waals surface area contributed by atoms with E-state index in [9.17, 15) is 4.79 Å². The molecule has 0 aliphatic heterocycles. The van der Waals surface area contributed by atoms with Crippen molar-refractivity contribution in [3.8, 4) is 22.6 Å². The van der Waals surface area contributed by atoms with Crippen molar-refractivity contribution in [2.24, 2.45) is 12.8 Å². The van der Waals surface area contributed by atoms with E-state index in [-0.39, 0.29) is 0 Å². The first-order valence-electron chi connectivity index (χ1n) is 7.70. The molecule has 0 saturated heterocycles. The van der Waals surface area contributed by atoms with Crippen LogP contribution in [0.15, 0.2) is 47.1 Å². The molecule has 1 aromatic carbocycles. The summed E-state index contributed by atoms with van der Waals surface area (Å²) >= 11 is 0. The molecule has 2 N–H and O–H groups in total. The highest BCUT2D eigenvalue weighted by Crippen LogP contribution is 2.34. The predicted molar refractivity (Wildman–Crippen MR) is 92.7 cm³/mol. The van der Waals surface area contributed by atoms with Gasteiger partial charge in [-0.3, -0.25) is 4.79 Å². The van der Waals surface area contributed by atoms with Gasteiger partial charge in [-0.25, -0.2) is 9.97 Å². The van der Waals surface area contributed by atoms with Crippen LogP contribution >= 0.6 is 0 Å². The van der Waals surface area contributed by atoms with Crippen LogP contribution in [0.3, 0.4) is 0 Å². The van der Waals surface area contributed by atoms with Crippen molar-refractivity contribution in [3.63, 3.8) is 0 Å². The quantitative estimate of drug-likeness (QED) is 0.621. The van der Waals surface area contributed by atoms with Gasteiger partial charge >= 0.3 is 0 Å². The Balaban J connectivity index is 1.89. The summed E-state index contributed by atoms with van der Waals surface area (Å²) in [6, 6.07) is 10.8. The number of pyridine rings is 1. The molecule has 7 nitrogen and oxygen atoms in total. The predicted octanol–water partition coefficient (Wildman–Crippen LogP) is 2.70. The number of hydrogen-bond acceptors (Lipinski definition) is 5. The van der Waals surface area contributed by atoms with Crippen molar-refractivity contribution < 1.29 is 9.32 Å². The van der Waals surface area contributed by atoms with Gasteiger partial charge < -0.3 is 14.8 Å². The van der Waals surface area contributed by atoms with Gasteiger partial charge in [-0.15, -0.1) is 0 Å². The van der Waals surface area contributed by atoms with E-state index < -0.39 is 5.91 Å². The van der Waals surface area contributed by atoms with Crippen LogP contribution < -0.4 is 5.73 Å². The van der Waals surface area contributed by atoms with Crippen LogP contribution in [0.25, 0.3) is 33.8 Å². The Morgan fingerprint density at radius 3 is 2.64 bits per heavy atom. The first-order chi connectivity index (χ1) is 12.1. The first-order valence-corrected chi connectivity index (χ1v) is 7.70. The van der Waals surface area contributed by atoms with Gasteiger partial charge in [-0.1, -0.05) is 17.3 Å². The Hall–Kier alpha value is -3.48. The van der Waals surface area contributed by atoms with Gasteiger partial charge in [-0.05, 0) is 36.8 Å². The lowest BCUT2D eigenvalue weighted by Gasteiger charge is -2.04. The molecule has 0 aliphatic carbocycles. The third-order valence-corrected chi connectivity index (χ3v) is 4.16. The molecular weight excluding hydrogens is 318 g/mol. The minimum Gasteiger partial charge on any atom is -0.366 e. The highest BCUT2D eigenvalue weighted by Gasteiger charge is 2.21. The average Bonchev–Trinajstić information content (AvgIpc) is 3.15. The molecule has 0 atom stereocenters. The van der Waals surface area contributed by atoms with E-state index in [1.165, 1.54) is 0 Å². The van der Waals surface area contributed by atoms with Gasteiger partial charge in [0.05, 0.1) is 5.56 Å². The highest BCUT2D eigenvalue weighted by molar-refractivity contribution is 5.93. The fourth-order valence-electron chi connectivity index (χ4n) is 2.90. The smallest absolute Gasteiger partial charge is 0.248 e. The lowest BCUT2D eigenvalue weighted by Crippen LogP contribution is -2.10. The molecule has 25 heavy (non-hydrogen) atoms. The molecule has 0 saturated carbocycles. The van der Waals surface area contributed by atoms with Crippen molar-refractivity contribution in [1.82, 2.24) is 19.7 Å². The molecule has 0 fully saturated rings. The summed E-state index contributed by atoms with van der Waals surface area (Å²) in [5.74, 6) is 0.872. The minimum absolute atomic E-state index is 0.450. The normalized spacial score (nSPS) is 11.1. The van der Waals surface area contributed by atoms with Crippen LogP contribution in [0.2, 0.25) is 0 Å². The summed E-state index contributed by atoms with van der Waals surface area (Å²) in [4.78, 5) is 20.3. The van der Waals surface area contributed by atoms with E-state index in [0.717, 1.165) is 22.3 Å². The summed E-state index contributed by atoms with van der Waals surface area (Å²) in [6.07, 6.45) is 1.73. The lowest BCUT2D eigenvalue weighted by molar-refractivity contribution is 0.100. The number of fused-ring (bicyclic) bond motifs is 1. The number of aromatic nitrogens is 4. The number of nitrogens with zero attached hydrogens (tertiary/aromatic N) is 4. The van der Waals surface area contributed by atoms with E-state index in [2.05, 4.69) is 15.1 Å². The van der Waals surface area contributed by atoms with Crippen LogP contribution in [0.1, 0.15) is 16.1 Å². The molecule has 7 heteroatoms. The minimum atomic E-state index is -0.463. The highest BCUT2D eigenvalue weighted by atomic mass is 16.5. The lowest BCUT2D eigenvalue weighted by atomic mass is 10.0. The number of rotatable bonds is 3. The van der Waals surface area contributed by atoms with Crippen LogP contribution in [0.4, 0.5) is 0 Å². The Morgan fingerprint density at radius 2 is 1.96 bits per heavy atom. The van der Waals surface area contributed by atoms with Crippen LogP contribution in [-0.2, 0) is 7.05 Å². The second-order valence-electron chi connectivity index (χ2n) is 5.74. The standard InChI is InChI=1S/C18H15N5O2/c1-10-14(11-5-7-12(8-6-11)16(19)24)15(22-25-10)18-21-13-4-3-9-20-17(13)23(18)2/h3-9H,1-2H3,(H2,19,24). The summed E-state index contributed by atoms with van der Waals surface area (Å²) in [7, 11) is 1.89. The van der Waals surface area contributed by atoms with Crippen LogP contribution in [-0.4, -0.2) is 25.6 Å². The second-order valence-corrected chi connectivity index (χ2v) is 5.74. The third kappa shape index (κ3) is 2.37. The number of primary amides is 1. The Bertz CT molecular complexity index is 1090. The maximum absolute atomic E-state index is 11.3. The molecular formula is C18H15N5O2. The summed E-state index contributed by atoms with van der Waals surface area (Å²) in [6.45, 7) is 1.84. The first kappa shape index (κ1) is 15.1. The number of carbonyl (C=O) groups excluding carboxylic acids is 1. The molecule has 0 spiro atoms. The maximum atomic E-state index is 11.3. The monoisotopic (exact) mass is 333 g/mol. The maximum Gasteiger partial charge on any atom is 0.248 e. The molecule has 0 radical (unpaired) electrons. The van der Waals surface area contributed by atoms with Gasteiger partial charge in [0.2, 0.25) is 5.91 Å². The van der Waals surface area contributed by atoms with E-state index in [1.54, 1.807) is 18.3 Å². The van der Waals surface area contributed by atoms with Crippen molar-refractivity contribution in [1.29, 1.82) is 0 Å². The number of hydrogen-bond donors (Lipinski definition) is 1. The van der Waals surface area contributed by atoms with Crippen molar-refractivity contribution in [2.75, 3.05) is 0 Å². The number of imidazole rings is 1. The van der Waals surface area contributed by atoms with Gasteiger partial charge in [0.15, 0.2) is 17.2 Å². The molecule has 0 aliphatic rings. The Labute approximate surface area is 143 Å². The van der Waals surface area contributed by atoms with E-state index in [4.69, 9.17) is 10.3 Å². The zero-order valence-corrected chi connectivity index (χ0v) is 13.7. The SMILES string of the molecule is Cc1onc(-c2nc3cccnc3n2C)c1-c1ccc(C(N)=O)cc1. The number of benzene rings is 1. The summed E-state index contributed by atoms with van der Waals surface area (Å²) in [5.41, 5.74) is 9.65. The van der Waals surface area contributed by atoms with E-state index in [0.29, 0.717) is 22.8 Å². The molecule has 1 amide bonds. The summed E-state index contributed by atoms with van der Waals surface area (Å²) in [5, 5.41) is 4.20. The fraction of sp³-hybridized carbons (Fsp3) is 0.111. The average molecular weight is 333 g/mol. The van der Waals surface area contributed by atoms with E-state index in [1.807, 2.05) is 42.8 Å². The van der Waals surface area contributed by atoms with Crippen LogP contribution in [0.5, 0.6) is 0 Å². The van der Waals surface area contributed by atoms with Crippen LogP contribution in [0, 0.1) is 6.92 Å². The van der Waals surface area contributed by atoms with Gasteiger partial charge in [0.25, 0.3) is 0 Å². The molecule has 3 heterocycles. The molecule has 0 bridgehead atoms. The molecule has 124 valence electrons. The molecule has 0 unspecified atom stereocenters. The van der Waals surface area contributed by atoms with Crippen molar-refractivity contribution in [3.05, 3.63) is 53.9 Å². The van der Waals surface area contributed by atoms with E-state index >= 15 is 0 Å². The number of aryl methyl sites for hydroxylation is 2. The van der Waals surface area contributed by atoms with Crippen molar-refractivity contribution in [2.45, 2.75) is 6.92 Å². The van der Waals surface area contributed by atoms with Gasteiger partial charge in [0, 0.05) is 18.8 Å². The second kappa shape index (κ2) is 5.55. The zero-order chi connectivity index (χ0) is 17.6. The third-order valence-electron chi connectivity index (χ3n) is 4.16. The van der Waals surface area contributed by atoms with Gasteiger partial charge in [-0.2, -0.15) is 0 Å².